The number of hydrogen-bond acceptors (Lipinski definition) is 3. The molecule has 1 fully saturated rings. The standard InChI is InChI=1S/C14H17NO4/c1-8-5-10(7-11(6-8)14(17)18)13(16)15-12-3-4-19-9(12)2/h5-7,9,12H,3-4H2,1-2H3,(H,15,16)(H,17,18). The minimum atomic E-state index is -1.03. The molecule has 1 amide bonds. The molecule has 2 unspecified atom stereocenters. The number of rotatable bonds is 3. The predicted molar refractivity (Wildman–Crippen MR) is 69.4 cm³/mol. The molecule has 0 saturated carbocycles. The molecular weight excluding hydrogens is 246 g/mol. The lowest BCUT2D eigenvalue weighted by Gasteiger charge is -2.16. The van der Waals surface area contributed by atoms with E-state index < -0.39 is 5.97 Å². The van der Waals surface area contributed by atoms with Gasteiger partial charge in [0.1, 0.15) is 0 Å². The molecule has 1 aliphatic heterocycles. The van der Waals surface area contributed by atoms with Gasteiger partial charge in [0.15, 0.2) is 0 Å². The maximum Gasteiger partial charge on any atom is 0.335 e. The van der Waals surface area contributed by atoms with Crippen molar-refractivity contribution in [3.05, 3.63) is 34.9 Å². The number of carbonyl (C=O) groups excluding carboxylic acids is 1. The Balaban J connectivity index is 2.16. The summed E-state index contributed by atoms with van der Waals surface area (Å²) in [6.07, 6.45) is 0.775. The number of aryl methyl sites for hydroxylation is 1. The monoisotopic (exact) mass is 263 g/mol. The Hall–Kier alpha value is -1.88. The molecule has 19 heavy (non-hydrogen) atoms. The van der Waals surface area contributed by atoms with E-state index in [9.17, 15) is 9.59 Å². The summed E-state index contributed by atoms with van der Waals surface area (Å²) in [4.78, 5) is 23.1. The maximum absolute atomic E-state index is 12.1. The summed E-state index contributed by atoms with van der Waals surface area (Å²) in [6.45, 7) is 4.32. The number of nitrogens with one attached hydrogen (secondary N) is 1. The summed E-state index contributed by atoms with van der Waals surface area (Å²) < 4.78 is 5.38. The van der Waals surface area contributed by atoms with Gasteiger partial charge in [0, 0.05) is 12.2 Å². The summed E-state index contributed by atoms with van der Waals surface area (Å²) >= 11 is 0. The van der Waals surface area contributed by atoms with Crippen LogP contribution < -0.4 is 5.32 Å². The van der Waals surface area contributed by atoms with Gasteiger partial charge in [-0.05, 0) is 44.0 Å². The fraction of sp³-hybridized carbons (Fsp3) is 0.429. The molecule has 0 spiro atoms. The smallest absolute Gasteiger partial charge is 0.335 e. The van der Waals surface area contributed by atoms with Crippen LogP contribution in [0.25, 0.3) is 0 Å². The molecule has 5 nitrogen and oxygen atoms in total. The van der Waals surface area contributed by atoms with Crippen LogP contribution in [0.3, 0.4) is 0 Å². The van der Waals surface area contributed by atoms with Crippen LogP contribution in [-0.4, -0.2) is 35.7 Å². The maximum atomic E-state index is 12.1. The Morgan fingerprint density at radius 3 is 2.58 bits per heavy atom. The molecule has 2 N–H and O–H groups in total. The van der Waals surface area contributed by atoms with Crippen LogP contribution in [0.5, 0.6) is 0 Å². The van der Waals surface area contributed by atoms with Gasteiger partial charge in [-0.25, -0.2) is 4.79 Å². The van der Waals surface area contributed by atoms with Gasteiger partial charge < -0.3 is 15.2 Å². The van der Waals surface area contributed by atoms with Gasteiger partial charge in [-0.15, -0.1) is 0 Å². The Morgan fingerprint density at radius 2 is 2.00 bits per heavy atom. The first-order valence-corrected chi connectivity index (χ1v) is 6.25. The molecule has 5 heteroatoms. The first-order valence-electron chi connectivity index (χ1n) is 6.25. The van der Waals surface area contributed by atoms with E-state index in [0.717, 1.165) is 12.0 Å². The summed E-state index contributed by atoms with van der Waals surface area (Å²) in [5, 5.41) is 11.9. The van der Waals surface area contributed by atoms with Crippen molar-refractivity contribution in [1.82, 2.24) is 5.32 Å². The highest BCUT2D eigenvalue weighted by atomic mass is 16.5. The van der Waals surface area contributed by atoms with Crippen LogP contribution in [-0.2, 0) is 4.74 Å². The average Bonchev–Trinajstić information content (AvgIpc) is 2.74. The molecule has 1 heterocycles. The zero-order chi connectivity index (χ0) is 14.0. The number of amides is 1. The van der Waals surface area contributed by atoms with Crippen molar-refractivity contribution >= 4 is 11.9 Å². The lowest BCUT2D eigenvalue weighted by Crippen LogP contribution is -2.39. The molecule has 1 aromatic rings. The molecular formula is C14H17NO4. The van der Waals surface area contributed by atoms with Crippen molar-refractivity contribution in [2.24, 2.45) is 0 Å². The molecule has 0 aliphatic carbocycles. The summed E-state index contributed by atoms with van der Waals surface area (Å²) in [5.74, 6) is -1.29. The highest BCUT2D eigenvalue weighted by Crippen LogP contribution is 2.15. The molecule has 2 rings (SSSR count). The fourth-order valence-electron chi connectivity index (χ4n) is 2.21. The van der Waals surface area contributed by atoms with E-state index in [2.05, 4.69) is 5.32 Å². The lowest BCUT2D eigenvalue weighted by molar-refractivity contribution is 0.0696. The van der Waals surface area contributed by atoms with Crippen molar-refractivity contribution in [3.63, 3.8) is 0 Å². The van der Waals surface area contributed by atoms with Crippen LogP contribution >= 0.6 is 0 Å². The molecule has 0 bridgehead atoms. The Morgan fingerprint density at radius 1 is 1.32 bits per heavy atom. The van der Waals surface area contributed by atoms with Crippen molar-refractivity contribution in [2.75, 3.05) is 6.61 Å². The van der Waals surface area contributed by atoms with Crippen molar-refractivity contribution in [2.45, 2.75) is 32.4 Å². The summed E-state index contributed by atoms with van der Waals surface area (Å²) in [6, 6.07) is 4.61. The largest absolute Gasteiger partial charge is 0.478 e. The van der Waals surface area contributed by atoms with E-state index in [1.807, 2.05) is 6.92 Å². The fourth-order valence-corrected chi connectivity index (χ4v) is 2.21. The Labute approximate surface area is 111 Å². The van der Waals surface area contributed by atoms with Gasteiger partial charge in [0.05, 0.1) is 17.7 Å². The van der Waals surface area contributed by atoms with E-state index in [1.54, 1.807) is 19.1 Å². The van der Waals surface area contributed by atoms with E-state index >= 15 is 0 Å². The van der Waals surface area contributed by atoms with Gasteiger partial charge in [-0.2, -0.15) is 0 Å². The molecule has 0 radical (unpaired) electrons. The number of hydrogen-bond donors (Lipinski definition) is 2. The minimum Gasteiger partial charge on any atom is -0.478 e. The second kappa shape index (κ2) is 5.40. The zero-order valence-corrected chi connectivity index (χ0v) is 11.0. The lowest BCUT2D eigenvalue weighted by atomic mass is 10.0. The van der Waals surface area contributed by atoms with Crippen LogP contribution in [0.15, 0.2) is 18.2 Å². The molecule has 0 aromatic heterocycles. The van der Waals surface area contributed by atoms with E-state index in [0.29, 0.717) is 12.2 Å². The number of benzene rings is 1. The third-order valence-electron chi connectivity index (χ3n) is 3.28. The first kappa shape index (κ1) is 13.5. The quantitative estimate of drug-likeness (QED) is 0.868. The van der Waals surface area contributed by atoms with Crippen LogP contribution in [0.1, 0.15) is 39.6 Å². The highest BCUT2D eigenvalue weighted by molar-refractivity contribution is 5.98. The molecule has 1 aliphatic rings. The average molecular weight is 263 g/mol. The van der Waals surface area contributed by atoms with Gasteiger partial charge in [-0.3, -0.25) is 4.79 Å². The minimum absolute atomic E-state index is 0.00676. The Bertz CT molecular complexity index is 512. The predicted octanol–water partition coefficient (Wildman–Crippen LogP) is 1.60. The van der Waals surface area contributed by atoms with Gasteiger partial charge in [-0.1, -0.05) is 0 Å². The Kier molecular flexibility index (Phi) is 3.85. The number of carbonyl (C=O) groups is 2. The normalized spacial score (nSPS) is 22.2. The summed E-state index contributed by atoms with van der Waals surface area (Å²) in [5.41, 5.74) is 1.25. The van der Waals surface area contributed by atoms with Gasteiger partial charge >= 0.3 is 5.97 Å². The third kappa shape index (κ3) is 3.12. The zero-order valence-electron chi connectivity index (χ0n) is 11.0. The first-order chi connectivity index (χ1) is 8.97. The van der Waals surface area contributed by atoms with Gasteiger partial charge in [0.25, 0.3) is 5.91 Å². The molecule has 102 valence electrons. The van der Waals surface area contributed by atoms with Crippen molar-refractivity contribution < 1.29 is 19.4 Å². The summed E-state index contributed by atoms with van der Waals surface area (Å²) in [7, 11) is 0. The van der Waals surface area contributed by atoms with E-state index in [4.69, 9.17) is 9.84 Å². The van der Waals surface area contributed by atoms with Gasteiger partial charge in [0.2, 0.25) is 0 Å². The topological polar surface area (TPSA) is 75.6 Å². The van der Waals surface area contributed by atoms with Crippen LogP contribution in [0.4, 0.5) is 0 Å². The van der Waals surface area contributed by atoms with E-state index in [1.165, 1.54) is 6.07 Å². The van der Waals surface area contributed by atoms with Crippen molar-refractivity contribution in [3.8, 4) is 0 Å². The second-order valence-corrected chi connectivity index (χ2v) is 4.84. The molecule has 1 aromatic carbocycles. The number of carboxylic acid groups (broad SMARTS) is 1. The number of aromatic carboxylic acids is 1. The number of carboxylic acids is 1. The SMILES string of the molecule is Cc1cc(C(=O)O)cc(C(=O)NC2CCOC2C)c1. The second-order valence-electron chi connectivity index (χ2n) is 4.84. The third-order valence-corrected chi connectivity index (χ3v) is 3.28. The highest BCUT2D eigenvalue weighted by Gasteiger charge is 2.26. The molecule has 2 atom stereocenters. The van der Waals surface area contributed by atoms with E-state index in [-0.39, 0.29) is 23.6 Å². The van der Waals surface area contributed by atoms with Crippen molar-refractivity contribution in [1.29, 1.82) is 0 Å². The molecule has 1 saturated heterocycles. The van der Waals surface area contributed by atoms with Crippen LogP contribution in [0, 0.1) is 6.92 Å². The number of ether oxygens (including phenoxy) is 1. The van der Waals surface area contributed by atoms with Crippen LogP contribution in [0.2, 0.25) is 0 Å².